The topological polar surface area (TPSA) is 26.3 Å². The van der Waals surface area contributed by atoms with Crippen molar-refractivity contribution in [3.8, 4) is 0 Å². The van der Waals surface area contributed by atoms with E-state index >= 15 is 0 Å². The van der Waals surface area contributed by atoms with Crippen molar-refractivity contribution in [1.82, 2.24) is 0 Å². The summed E-state index contributed by atoms with van der Waals surface area (Å²) < 4.78 is 4.80. The summed E-state index contributed by atoms with van der Waals surface area (Å²) in [6.45, 7) is 6.11. The molecule has 0 aromatic rings. The Morgan fingerprint density at radius 2 is 2.30 bits per heavy atom. The van der Waals surface area contributed by atoms with E-state index in [1.807, 2.05) is 27.2 Å². The fourth-order valence-electron chi connectivity index (χ4n) is 0.734. The normalized spacial score (nSPS) is 12.7. The molecule has 0 aliphatic rings. The van der Waals surface area contributed by atoms with Crippen molar-refractivity contribution in [2.45, 2.75) is 27.2 Å². The van der Waals surface area contributed by atoms with E-state index in [2.05, 4.69) is 0 Å². The second kappa shape index (κ2) is 5.27. The van der Waals surface area contributed by atoms with Crippen molar-refractivity contribution in [1.29, 1.82) is 0 Å². The highest BCUT2D eigenvalue weighted by molar-refractivity contribution is 5.72. The average Bonchev–Trinajstić information content (AvgIpc) is 1.89. The van der Waals surface area contributed by atoms with Gasteiger partial charge in [-0.3, -0.25) is 4.79 Å². The van der Waals surface area contributed by atoms with Gasteiger partial charge in [0.15, 0.2) is 0 Å². The van der Waals surface area contributed by atoms with Crippen molar-refractivity contribution < 1.29 is 9.53 Å². The van der Waals surface area contributed by atoms with Gasteiger partial charge in [-0.05, 0) is 19.8 Å². The molecule has 10 heavy (non-hydrogen) atoms. The lowest BCUT2D eigenvalue weighted by atomic mass is 10.1. The molecule has 0 amide bonds. The maximum Gasteiger partial charge on any atom is 0.308 e. The van der Waals surface area contributed by atoms with Crippen LogP contribution in [0.1, 0.15) is 27.2 Å². The number of carbonyl (C=O) groups is 1. The van der Waals surface area contributed by atoms with Crippen molar-refractivity contribution in [2.75, 3.05) is 6.61 Å². The highest BCUT2D eigenvalue weighted by Gasteiger charge is 2.11. The van der Waals surface area contributed by atoms with Crippen LogP contribution < -0.4 is 0 Å². The van der Waals surface area contributed by atoms with E-state index in [9.17, 15) is 4.79 Å². The Balaban J connectivity index is 3.49. The zero-order valence-electron chi connectivity index (χ0n) is 6.89. The largest absolute Gasteiger partial charge is 0.466 e. The summed E-state index contributed by atoms with van der Waals surface area (Å²) in [7, 11) is 0. The Morgan fingerprint density at radius 3 is 2.70 bits per heavy atom. The van der Waals surface area contributed by atoms with Crippen LogP contribution in [0.2, 0.25) is 0 Å². The lowest BCUT2D eigenvalue weighted by Crippen LogP contribution is -2.14. The predicted octanol–water partition coefficient (Wildman–Crippen LogP) is 1.80. The van der Waals surface area contributed by atoms with Crippen LogP contribution in [0.3, 0.4) is 0 Å². The van der Waals surface area contributed by atoms with Crippen molar-refractivity contribution in [3.63, 3.8) is 0 Å². The number of esters is 1. The molecule has 1 atom stereocenters. The van der Waals surface area contributed by atoms with Gasteiger partial charge in [-0.25, -0.2) is 0 Å². The molecule has 1 radical (unpaired) electrons. The lowest BCUT2D eigenvalue weighted by molar-refractivity contribution is -0.147. The van der Waals surface area contributed by atoms with E-state index in [1.54, 1.807) is 0 Å². The van der Waals surface area contributed by atoms with Crippen LogP contribution in [-0.4, -0.2) is 12.6 Å². The molecule has 0 heterocycles. The molecule has 0 rings (SSSR count). The molecule has 0 aromatic carbocycles. The quantitative estimate of drug-likeness (QED) is 0.561. The van der Waals surface area contributed by atoms with Gasteiger partial charge in [-0.1, -0.05) is 13.8 Å². The first-order valence-electron chi connectivity index (χ1n) is 3.66. The first-order valence-corrected chi connectivity index (χ1v) is 3.66. The molecule has 2 nitrogen and oxygen atoms in total. The summed E-state index contributed by atoms with van der Waals surface area (Å²) in [4.78, 5) is 10.9. The minimum absolute atomic E-state index is 0.0185. The summed E-state index contributed by atoms with van der Waals surface area (Å²) in [6, 6.07) is 0. The molecule has 0 bridgehead atoms. The first kappa shape index (κ1) is 9.47. The molecule has 2 heteroatoms. The van der Waals surface area contributed by atoms with Crippen molar-refractivity contribution in [2.24, 2.45) is 5.92 Å². The number of rotatable bonds is 4. The Bertz CT molecular complexity index is 99.4. The Hall–Kier alpha value is -0.530. The Morgan fingerprint density at radius 1 is 1.70 bits per heavy atom. The lowest BCUT2D eigenvalue weighted by Gasteiger charge is -2.07. The molecule has 0 aromatic heterocycles. The number of carbonyl (C=O) groups excluding carboxylic acids is 1. The van der Waals surface area contributed by atoms with Gasteiger partial charge in [0.2, 0.25) is 0 Å². The van der Waals surface area contributed by atoms with E-state index in [4.69, 9.17) is 4.74 Å². The minimum Gasteiger partial charge on any atom is -0.466 e. The van der Waals surface area contributed by atoms with Gasteiger partial charge < -0.3 is 4.74 Å². The highest BCUT2D eigenvalue weighted by Crippen LogP contribution is 2.05. The average molecular weight is 143 g/mol. The van der Waals surface area contributed by atoms with E-state index < -0.39 is 0 Å². The number of ether oxygens (including phenoxy) is 1. The van der Waals surface area contributed by atoms with Crippen LogP contribution in [-0.2, 0) is 9.53 Å². The molecule has 59 valence electrons. The summed E-state index contributed by atoms with van der Waals surface area (Å²) in [5.74, 6) is -0.0782. The first-order chi connectivity index (χ1) is 4.72. The van der Waals surface area contributed by atoms with Gasteiger partial charge in [0.1, 0.15) is 0 Å². The van der Waals surface area contributed by atoms with Crippen LogP contribution in [0.4, 0.5) is 0 Å². The predicted molar refractivity (Wildman–Crippen MR) is 40.4 cm³/mol. The Labute approximate surface area is 62.6 Å². The summed E-state index contributed by atoms with van der Waals surface area (Å²) >= 11 is 0. The van der Waals surface area contributed by atoms with Crippen molar-refractivity contribution in [3.05, 3.63) is 6.42 Å². The third-order valence-corrected chi connectivity index (χ3v) is 1.28. The highest BCUT2D eigenvalue weighted by atomic mass is 16.5. The summed E-state index contributed by atoms with van der Waals surface area (Å²) in [6.07, 6.45) is 2.78. The van der Waals surface area contributed by atoms with Gasteiger partial charge >= 0.3 is 5.97 Å². The maximum atomic E-state index is 10.9. The molecular weight excluding hydrogens is 128 g/mol. The Kier molecular flexibility index (Phi) is 4.99. The van der Waals surface area contributed by atoms with Gasteiger partial charge in [0, 0.05) is 0 Å². The molecule has 0 spiro atoms. The van der Waals surface area contributed by atoms with Crippen LogP contribution in [0.15, 0.2) is 0 Å². The van der Waals surface area contributed by atoms with Crippen LogP contribution in [0.5, 0.6) is 0 Å². The molecule has 0 N–H and O–H groups in total. The van der Waals surface area contributed by atoms with Gasteiger partial charge in [0.25, 0.3) is 0 Å². The van der Waals surface area contributed by atoms with E-state index in [-0.39, 0.29) is 11.9 Å². The van der Waals surface area contributed by atoms with Gasteiger partial charge in [-0.2, -0.15) is 0 Å². The third-order valence-electron chi connectivity index (χ3n) is 1.28. The smallest absolute Gasteiger partial charge is 0.308 e. The zero-order chi connectivity index (χ0) is 7.98. The molecule has 0 aliphatic carbocycles. The fraction of sp³-hybridized carbons (Fsp3) is 0.750. The maximum absolute atomic E-state index is 10.9. The van der Waals surface area contributed by atoms with E-state index in [0.717, 1.165) is 6.42 Å². The van der Waals surface area contributed by atoms with E-state index in [0.29, 0.717) is 6.61 Å². The SMILES string of the molecule is C[CH]CC(C)C(=O)OCC. The van der Waals surface area contributed by atoms with E-state index in [1.165, 1.54) is 0 Å². The van der Waals surface area contributed by atoms with Crippen molar-refractivity contribution >= 4 is 5.97 Å². The number of hydrogen-bond donors (Lipinski definition) is 0. The summed E-state index contributed by atoms with van der Waals surface area (Å²) in [5, 5.41) is 0. The van der Waals surface area contributed by atoms with Crippen LogP contribution >= 0.6 is 0 Å². The van der Waals surface area contributed by atoms with Gasteiger partial charge in [-0.15, -0.1) is 0 Å². The number of hydrogen-bond acceptors (Lipinski definition) is 2. The second-order valence-corrected chi connectivity index (χ2v) is 2.30. The van der Waals surface area contributed by atoms with Gasteiger partial charge in [0.05, 0.1) is 12.5 Å². The monoisotopic (exact) mass is 143 g/mol. The zero-order valence-corrected chi connectivity index (χ0v) is 6.89. The third kappa shape index (κ3) is 3.49. The standard InChI is InChI=1S/C8H15O2/c1-4-6-7(3)8(9)10-5-2/h4,7H,5-6H2,1-3H3. The van der Waals surface area contributed by atoms with Crippen LogP contribution in [0.25, 0.3) is 0 Å². The fourth-order valence-corrected chi connectivity index (χ4v) is 0.734. The molecule has 1 unspecified atom stereocenters. The summed E-state index contributed by atoms with van der Waals surface area (Å²) in [5.41, 5.74) is 0. The van der Waals surface area contributed by atoms with Crippen LogP contribution in [0, 0.1) is 12.3 Å². The molecule has 0 aliphatic heterocycles. The minimum atomic E-state index is -0.0967. The molecule has 0 saturated carbocycles. The molecule has 0 fully saturated rings. The second-order valence-electron chi connectivity index (χ2n) is 2.30. The molecular formula is C8H15O2. The molecule has 0 saturated heterocycles.